The molecule has 20 heavy (non-hydrogen) atoms. The standard InChI is InChI=1S/C16H20F3N/c1-15(2,3)11-12-20-14(16(17,18)19)10-9-13-7-5-4-6-8-13/h4-10H,11-12H2,1-3H3/b10-9+,20-14?. The van der Waals surface area contributed by atoms with Gasteiger partial charge in [-0.3, -0.25) is 4.99 Å². The molecule has 1 aromatic rings. The maximum absolute atomic E-state index is 12.9. The Morgan fingerprint density at radius 2 is 1.70 bits per heavy atom. The molecule has 0 heterocycles. The summed E-state index contributed by atoms with van der Waals surface area (Å²) in [6.45, 7) is 6.12. The van der Waals surface area contributed by atoms with Gasteiger partial charge in [0.15, 0.2) is 0 Å². The summed E-state index contributed by atoms with van der Waals surface area (Å²) < 4.78 is 38.6. The van der Waals surface area contributed by atoms with Gasteiger partial charge in [0.1, 0.15) is 5.71 Å². The van der Waals surface area contributed by atoms with E-state index in [4.69, 9.17) is 0 Å². The molecule has 0 saturated heterocycles. The van der Waals surface area contributed by atoms with E-state index >= 15 is 0 Å². The smallest absolute Gasteiger partial charge is 0.281 e. The number of nitrogens with zero attached hydrogens (tertiary/aromatic N) is 1. The molecule has 110 valence electrons. The van der Waals surface area contributed by atoms with Gasteiger partial charge in [-0.25, -0.2) is 0 Å². The van der Waals surface area contributed by atoms with Crippen LogP contribution < -0.4 is 0 Å². The van der Waals surface area contributed by atoms with Gasteiger partial charge in [-0.2, -0.15) is 13.2 Å². The van der Waals surface area contributed by atoms with E-state index in [1.54, 1.807) is 24.3 Å². The van der Waals surface area contributed by atoms with Gasteiger partial charge in [-0.15, -0.1) is 0 Å². The summed E-state index contributed by atoms with van der Waals surface area (Å²) in [5.41, 5.74) is -0.130. The Labute approximate surface area is 118 Å². The minimum atomic E-state index is -4.41. The van der Waals surface area contributed by atoms with E-state index in [0.717, 1.165) is 11.6 Å². The molecule has 0 radical (unpaired) electrons. The van der Waals surface area contributed by atoms with E-state index in [0.29, 0.717) is 6.42 Å². The molecule has 0 unspecified atom stereocenters. The summed E-state index contributed by atoms with van der Waals surface area (Å²) >= 11 is 0. The molecule has 0 atom stereocenters. The lowest BCUT2D eigenvalue weighted by molar-refractivity contribution is -0.0578. The number of aliphatic imine (C=N–C) groups is 1. The van der Waals surface area contributed by atoms with Crippen LogP contribution in [-0.2, 0) is 0 Å². The second-order valence-corrected chi connectivity index (χ2v) is 5.82. The van der Waals surface area contributed by atoms with Gasteiger partial charge >= 0.3 is 6.18 Å². The fourth-order valence-electron chi connectivity index (χ4n) is 1.49. The van der Waals surface area contributed by atoms with Crippen molar-refractivity contribution in [1.29, 1.82) is 0 Å². The first-order valence-corrected chi connectivity index (χ1v) is 6.53. The van der Waals surface area contributed by atoms with Gasteiger partial charge < -0.3 is 0 Å². The summed E-state index contributed by atoms with van der Waals surface area (Å²) in [4.78, 5) is 3.70. The van der Waals surface area contributed by atoms with Gasteiger partial charge in [0.2, 0.25) is 0 Å². The highest BCUT2D eigenvalue weighted by Gasteiger charge is 2.33. The number of benzene rings is 1. The number of halogens is 3. The van der Waals surface area contributed by atoms with Crippen molar-refractivity contribution in [2.24, 2.45) is 10.4 Å². The van der Waals surface area contributed by atoms with E-state index in [1.807, 2.05) is 26.8 Å². The summed E-state index contributed by atoms with van der Waals surface area (Å²) in [5.74, 6) is 0. The van der Waals surface area contributed by atoms with Crippen LogP contribution in [0, 0.1) is 5.41 Å². The molecule has 1 nitrogen and oxygen atoms in total. The van der Waals surface area contributed by atoms with E-state index in [1.165, 1.54) is 6.08 Å². The number of hydrogen-bond acceptors (Lipinski definition) is 1. The van der Waals surface area contributed by atoms with Gasteiger partial charge in [0.25, 0.3) is 0 Å². The maximum Gasteiger partial charge on any atom is 0.432 e. The Kier molecular flexibility index (Phi) is 5.54. The SMILES string of the molecule is CC(C)(C)CCN=C(/C=C/c1ccccc1)C(F)(F)F. The third-order valence-electron chi connectivity index (χ3n) is 2.67. The zero-order valence-corrected chi connectivity index (χ0v) is 12.0. The fraction of sp³-hybridized carbons (Fsp3) is 0.438. The van der Waals surface area contributed by atoms with Crippen molar-refractivity contribution in [3.8, 4) is 0 Å². The molecule has 0 N–H and O–H groups in total. The minimum Gasteiger partial charge on any atom is -0.281 e. The molecule has 0 aliphatic carbocycles. The molecule has 0 spiro atoms. The van der Waals surface area contributed by atoms with Crippen molar-refractivity contribution in [3.05, 3.63) is 42.0 Å². The Bertz CT molecular complexity index is 465. The third-order valence-corrected chi connectivity index (χ3v) is 2.67. The number of allylic oxidation sites excluding steroid dienone is 1. The van der Waals surface area contributed by atoms with Gasteiger partial charge in [-0.1, -0.05) is 57.2 Å². The highest BCUT2D eigenvalue weighted by molar-refractivity contribution is 6.02. The minimum absolute atomic E-state index is 0.0245. The van der Waals surface area contributed by atoms with Crippen molar-refractivity contribution in [2.75, 3.05) is 6.54 Å². The van der Waals surface area contributed by atoms with Crippen LogP contribution in [0.3, 0.4) is 0 Å². The maximum atomic E-state index is 12.9. The summed E-state index contributed by atoms with van der Waals surface area (Å²) in [6, 6.07) is 8.88. The molecule has 0 amide bonds. The first-order valence-electron chi connectivity index (χ1n) is 6.53. The van der Waals surface area contributed by atoms with E-state index in [-0.39, 0.29) is 12.0 Å². The first-order chi connectivity index (χ1) is 9.18. The predicted molar refractivity (Wildman–Crippen MR) is 77.9 cm³/mol. The highest BCUT2D eigenvalue weighted by Crippen LogP contribution is 2.22. The zero-order valence-electron chi connectivity index (χ0n) is 12.0. The Hall–Kier alpha value is -1.58. The van der Waals surface area contributed by atoms with Gasteiger partial charge in [0.05, 0.1) is 0 Å². The van der Waals surface area contributed by atoms with Crippen molar-refractivity contribution in [2.45, 2.75) is 33.4 Å². The van der Waals surface area contributed by atoms with Crippen LogP contribution >= 0.6 is 0 Å². The van der Waals surface area contributed by atoms with Crippen molar-refractivity contribution in [1.82, 2.24) is 0 Å². The summed E-state index contributed by atoms with van der Waals surface area (Å²) in [7, 11) is 0. The quantitative estimate of drug-likeness (QED) is 0.678. The summed E-state index contributed by atoms with van der Waals surface area (Å²) in [5, 5.41) is 0. The first kappa shape index (κ1) is 16.5. The monoisotopic (exact) mass is 283 g/mol. The van der Waals surface area contributed by atoms with Crippen LogP contribution in [0.4, 0.5) is 13.2 Å². The lowest BCUT2D eigenvalue weighted by atomic mass is 9.92. The molecule has 0 aliphatic heterocycles. The normalized spacial score (nSPS) is 14.0. The second kappa shape index (κ2) is 6.73. The van der Waals surface area contributed by atoms with Crippen LogP contribution in [0.15, 0.2) is 41.4 Å². The Balaban J connectivity index is 2.81. The van der Waals surface area contributed by atoms with Crippen molar-refractivity contribution >= 4 is 11.8 Å². The van der Waals surface area contributed by atoms with E-state index in [2.05, 4.69) is 4.99 Å². The van der Waals surface area contributed by atoms with Gasteiger partial charge in [-0.05, 0) is 23.5 Å². The lowest BCUT2D eigenvalue weighted by Crippen LogP contribution is -2.21. The second-order valence-electron chi connectivity index (χ2n) is 5.82. The average Bonchev–Trinajstić information content (AvgIpc) is 2.32. The molecule has 0 fully saturated rings. The lowest BCUT2D eigenvalue weighted by Gasteiger charge is -2.16. The topological polar surface area (TPSA) is 12.4 Å². The molecular formula is C16H20F3N. The molecule has 0 saturated carbocycles. The number of rotatable bonds is 4. The molecule has 0 aliphatic rings. The van der Waals surface area contributed by atoms with Crippen LogP contribution in [-0.4, -0.2) is 18.4 Å². The third kappa shape index (κ3) is 6.55. The van der Waals surface area contributed by atoms with Crippen LogP contribution in [0.25, 0.3) is 6.08 Å². The van der Waals surface area contributed by atoms with E-state index < -0.39 is 11.9 Å². The van der Waals surface area contributed by atoms with Crippen molar-refractivity contribution < 1.29 is 13.2 Å². The molecule has 1 aromatic carbocycles. The predicted octanol–water partition coefficient (Wildman–Crippen LogP) is 5.14. The fourth-order valence-corrected chi connectivity index (χ4v) is 1.49. The number of alkyl halides is 3. The van der Waals surface area contributed by atoms with Gasteiger partial charge in [0, 0.05) is 6.54 Å². The van der Waals surface area contributed by atoms with Crippen LogP contribution in [0.1, 0.15) is 32.8 Å². The van der Waals surface area contributed by atoms with Crippen LogP contribution in [0.2, 0.25) is 0 Å². The Morgan fingerprint density at radius 3 is 2.20 bits per heavy atom. The number of hydrogen-bond donors (Lipinski definition) is 0. The Morgan fingerprint density at radius 1 is 1.10 bits per heavy atom. The van der Waals surface area contributed by atoms with E-state index in [9.17, 15) is 13.2 Å². The average molecular weight is 283 g/mol. The summed E-state index contributed by atoms with van der Waals surface area (Å²) in [6.07, 6.45) is -1.32. The largest absolute Gasteiger partial charge is 0.432 e. The molecule has 1 rings (SSSR count). The molecule has 4 heteroatoms. The molecular weight excluding hydrogens is 263 g/mol. The zero-order chi connectivity index (χ0) is 15.2. The van der Waals surface area contributed by atoms with Crippen LogP contribution in [0.5, 0.6) is 0 Å². The molecule has 0 bridgehead atoms. The highest BCUT2D eigenvalue weighted by atomic mass is 19.4. The van der Waals surface area contributed by atoms with Crippen molar-refractivity contribution in [3.63, 3.8) is 0 Å². The molecule has 0 aromatic heterocycles.